The van der Waals surface area contributed by atoms with E-state index in [1.807, 2.05) is 42.5 Å². The molecular formula is C26H28Cl2N4O4. The van der Waals surface area contributed by atoms with Gasteiger partial charge >= 0.3 is 0 Å². The molecule has 1 N–H and O–H groups in total. The number of aliphatic hydroxyl groups excluding tert-OH is 1. The summed E-state index contributed by atoms with van der Waals surface area (Å²) in [5.41, 5.74) is 2.72. The van der Waals surface area contributed by atoms with Crippen molar-refractivity contribution in [2.45, 2.75) is 12.1 Å². The van der Waals surface area contributed by atoms with Gasteiger partial charge < -0.3 is 19.5 Å². The van der Waals surface area contributed by atoms with Gasteiger partial charge in [0, 0.05) is 55.1 Å². The van der Waals surface area contributed by atoms with Gasteiger partial charge in [0.05, 0.1) is 30.0 Å². The monoisotopic (exact) mass is 530 g/mol. The summed E-state index contributed by atoms with van der Waals surface area (Å²) in [5, 5.41) is 14.9. The summed E-state index contributed by atoms with van der Waals surface area (Å²) >= 11 is 12.8. The van der Waals surface area contributed by atoms with Crippen molar-refractivity contribution in [1.29, 1.82) is 0 Å². The van der Waals surface area contributed by atoms with E-state index >= 15 is 0 Å². The van der Waals surface area contributed by atoms with Crippen molar-refractivity contribution in [3.63, 3.8) is 0 Å². The lowest BCUT2D eigenvalue weighted by molar-refractivity contribution is 0.100. The second-order valence-electron chi connectivity index (χ2n) is 8.48. The molecule has 1 aromatic heterocycles. The molecule has 0 radical (unpaired) electrons. The molecule has 1 saturated heterocycles. The van der Waals surface area contributed by atoms with Crippen LogP contribution in [0.2, 0.25) is 10.0 Å². The van der Waals surface area contributed by atoms with Crippen molar-refractivity contribution in [1.82, 2.24) is 9.88 Å². The maximum absolute atomic E-state index is 10.9. The summed E-state index contributed by atoms with van der Waals surface area (Å²) in [4.78, 5) is 19.0. The van der Waals surface area contributed by atoms with E-state index in [9.17, 15) is 10.0 Å². The number of benzene rings is 2. The van der Waals surface area contributed by atoms with Gasteiger partial charge in [-0.15, -0.1) is 0 Å². The molecule has 1 aliphatic rings. The molecule has 0 amide bonds. The molecule has 0 unspecified atom stereocenters. The number of rotatable bonds is 10. The highest BCUT2D eigenvalue weighted by molar-refractivity contribution is 6.33. The number of halogens is 2. The Labute approximate surface area is 220 Å². The molecule has 190 valence electrons. The Morgan fingerprint density at radius 1 is 1.14 bits per heavy atom. The van der Waals surface area contributed by atoms with E-state index in [4.69, 9.17) is 32.7 Å². The van der Waals surface area contributed by atoms with Crippen LogP contribution in [-0.2, 0) is 0 Å². The second kappa shape index (κ2) is 12.4. The predicted octanol–water partition coefficient (Wildman–Crippen LogP) is 5.14. The van der Waals surface area contributed by atoms with Gasteiger partial charge in [-0.3, -0.25) is 4.90 Å². The van der Waals surface area contributed by atoms with Crippen LogP contribution in [0.3, 0.4) is 0 Å². The number of hydrogen-bond acceptors (Lipinski definition) is 8. The molecule has 36 heavy (non-hydrogen) atoms. The van der Waals surface area contributed by atoms with E-state index < -0.39 is 6.10 Å². The van der Waals surface area contributed by atoms with Crippen molar-refractivity contribution in [3.8, 4) is 11.6 Å². The third kappa shape index (κ3) is 6.44. The van der Waals surface area contributed by atoms with E-state index in [2.05, 4.69) is 20.0 Å². The maximum atomic E-state index is 10.9. The molecule has 0 spiro atoms. The number of pyridine rings is 1. The smallest absolute Gasteiger partial charge is 0.212 e. The minimum atomic E-state index is -0.679. The van der Waals surface area contributed by atoms with Crippen LogP contribution in [0.25, 0.3) is 0 Å². The maximum Gasteiger partial charge on any atom is 0.212 e. The Kier molecular flexibility index (Phi) is 8.98. The second-order valence-corrected chi connectivity index (χ2v) is 9.33. The van der Waals surface area contributed by atoms with E-state index in [1.165, 1.54) is 0 Å². The number of piperazine rings is 1. The summed E-state index contributed by atoms with van der Waals surface area (Å²) in [5.74, 6) is 1.10. The lowest BCUT2D eigenvalue weighted by atomic mass is 10.0. The van der Waals surface area contributed by atoms with Gasteiger partial charge in [-0.1, -0.05) is 40.5 Å². The molecule has 4 rings (SSSR count). The van der Waals surface area contributed by atoms with Gasteiger partial charge in [0.1, 0.15) is 18.9 Å². The predicted molar refractivity (Wildman–Crippen MR) is 141 cm³/mol. The third-order valence-corrected chi connectivity index (χ3v) is 6.74. The molecule has 0 bridgehead atoms. The first kappa shape index (κ1) is 26.2. The number of β-amino-alcohol motifs (C(OH)–C–C–N with tert-alkyl or cyclic N) is 1. The van der Waals surface area contributed by atoms with Crippen LogP contribution < -0.4 is 14.4 Å². The van der Waals surface area contributed by atoms with Gasteiger partial charge in [0.15, 0.2) is 0 Å². The van der Waals surface area contributed by atoms with Crippen LogP contribution >= 0.6 is 23.2 Å². The van der Waals surface area contributed by atoms with Gasteiger partial charge in [-0.2, -0.15) is 4.91 Å². The Morgan fingerprint density at radius 3 is 2.61 bits per heavy atom. The van der Waals surface area contributed by atoms with Gasteiger partial charge in [-0.25, -0.2) is 4.98 Å². The zero-order valence-corrected chi connectivity index (χ0v) is 21.4. The van der Waals surface area contributed by atoms with Crippen LogP contribution in [0, 0.1) is 4.91 Å². The first-order chi connectivity index (χ1) is 17.5. The summed E-state index contributed by atoms with van der Waals surface area (Å²) in [7, 11) is 1.56. The molecule has 2 atom stereocenters. The van der Waals surface area contributed by atoms with Crippen LogP contribution in [0.1, 0.15) is 23.3 Å². The number of aromatic nitrogens is 1. The first-order valence-electron chi connectivity index (χ1n) is 11.6. The minimum Gasteiger partial charge on any atom is -0.491 e. The molecule has 0 saturated carbocycles. The number of nitroso groups, excluding NO2 is 1. The van der Waals surface area contributed by atoms with Gasteiger partial charge in [0.25, 0.3) is 0 Å². The fourth-order valence-corrected chi connectivity index (χ4v) is 4.74. The van der Waals surface area contributed by atoms with E-state index in [1.54, 1.807) is 25.4 Å². The largest absolute Gasteiger partial charge is 0.491 e. The zero-order chi connectivity index (χ0) is 25.5. The van der Waals surface area contributed by atoms with Gasteiger partial charge in [0.2, 0.25) is 5.88 Å². The number of aliphatic hydroxyl groups is 1. The van der Waals surface area contributed by atoms with E-state index in [0.29, 0.717) is 41.3 Å². The normalized spacial score (nSPS) is 17.0. The number of methoxy groups -OCH3 is 1. The van der Waals surface area contributed by atoms with Crippen LogP contribution in [-0.4, -0.2) is 61.4 Å². The fraction of sp³-hybridized carbons (Fsp3) is 0.346. The average Bonchev–Trinajstić information content (AvgIpc) is 2.90. The highest BCUT2D eigenvalue weighted by atomic mass is 35.5. The molecule has 2 heterocycles. The van der Waals surface area contributed by atoms with Crippen LogP contribution in [0.4, 0.5) is 5.69 Å². The molecule has 0 aliphatic carbocycles. The van der Waals surface area contributed by atoms with Crippen molar-refractivity contribution in [2.24, 2.45) is 5.18 Å². The topological polar surface area (TPSA) is 87.5 Å². The lowest BCUT2D eigenvalue weighted by Gasteiger charge is -2.44. The number of anilines is 1. The van der Waals surface area contributed by atoms with Crippen molar-refractivity contribution < 1.29 is 14.6 Å². The Balaban J connectivity index is 1.53. The minimum absolute atomic E-state index is 0.0132. The molecular weight excluding hydrogens is 503 g/mol. The standard InChI is InChI=1S/C26H28Cl2N4O4/c1-35-26-9-4-19(15-29-26)25(33)17-31-11-12-32(24(16-31)18-2-5-20(27)6-3-18)23-8-7-21(14-22(23)28)36-13-10-30-34/h2-9,14-15,24-25,33H,10-13,16-17H2,1H3/t24-,25+/m0/s1. The molecule has 8 nitrogen and oxygen atoms in total. The fourth-order valence-electron chi connectivity index (χ4n) is 4.33. The number of ether oxygens (including phenoxy) is 2. The lowest BCUT2D eigenvalue weighted by Crippen LogP contribution is -2.49. The Hall–Kier alpha value is -2.91. The van der Waals surface area contributed by atoms with Crippen LogP contribution in [0.15, 0.2) is 66.0 Å². The summed E-state index contributed by atoms with van der Waals surface area (Å²) in [6, 6.07) is 16.9. The molecule has 2 aromatic carbocycles. The van der Waals surface area contributed by atoms with E-state index in [0.717, 1.165) is 23.4 Å². The third-order valence-electron chi connectivity index (χ3n) is 6.18. The first-order valence-corrected chi connectivity index (χ1v) is 12.4. The number of nitrogens with zero attached hydrogens (tertiary/aromatic N) is 4. The quantitative estimate of drug-likeness (QED) is 0.286. The number of hydrogen-bond donors (Lipinski definition) is 1. The summed E-state index contributed by atoms with van der Waals surface area (Å²) < 4.78 is 10.7. The van der Waals surface area contributed by atoms with Crippen molar-refractivity contribution >= 4 is 28.9 Å². The highest BCUT2D eigenvalue weighted by Crippen LogP contribution is 2.37. The Bertz CT molecular complexity index is 1150. The van der Waals surface area contributed by atoms with E-state index in [-0.39, 0.29) is 19.2 Å². The summed E-state index contributed by atoms with van der Waals surface area (Å²) in [6.07, 6.45) is 0.965. The van der Waals surface area contributed by atoms with Crippen LogP contribution in [0.5, 0.6) is 11.6 Å². The van der Waals surface area contributed by atoms with Crippen molar-refractivity contribution in [3.05, 3.63) is 86.9 Å². The van der Waals surface area contributed by atoms with Gasteiger partial charge in [-0.05, 0) is 35.9 Å². The van der Waals surface area contributed by atoms with Crippen molar-refractivity contribution in [2.75, 3.05) is 51.3 Å². The zero-order valence-electron chi connectivity index (χ0n) is 19.9. The average molecular weight is 531 g/mol. The molecule has 10 heteroatoms. The SMILES string of the molecule is COc1ccc([C@H](O)CN2CCN(c3ccc(OCCN=O)cc3Cl)[C@H](c3ccc(Cl)cc3)C2)cn1. The Morgan fingerprint density at radius 2 is 1.94 bits per heavy atom. The summed E-state index contributed by atoms with van der Waals surface area (Å²) in [6.45, 7) is 2.88. The molecule has 1 fully saturated rings. The highest BCUT2D eigenvalue weighted by Gasteiger charge is 2.31. The molecule has 3 aromatic rings. The molecule has 1 aliphatic heterocycles.